The summed E-state index contributed by atoms with van der Waals surface area (Å²) in [5.41, 5.74) is 5.43. The lowest BCUT2D eigenvalue weighted by Crippen LogP contribution is -2.31. The molecule has 108 valence electrons. The van der Waals surface area contributed by atoms with Gasteiger partial charge in [0.05, 0.1) is 11.7 Å². The fourth-order valence-electron chi connectivity index (χ4n) is 1.80. The summed E-state index contributed by atoms with van der Waals surface area (Å²) in [7, 11) is 0. The molecule has 0 spiro atoms. The molecule has 4 nitrogen and oxygen atoms in total. The molecule has 0 atom stereocenters. The molecule has 0 aliphatic heterocycles. The minimum Gasteiger partial charge on any atom is -0.358 e. The fourth-order valence-corrected chi connectivity index (χ4v) is 2.12. The van der Waals surface area contributed by atoms with Crippen LogP contribution in [0, 0.1) is 6.92 Å². The zero-order valence-corrected chi connectivity index (χ0v) is 13.1. The van der Waals surface area contributed by atoms with E-state index in [1.54, 1.807) is 12.3 Å². The molecule has 21 heavy (non-hydrogen) atoms. The van der Waals surface area contributed by atoms with E-state index in [-0.39, 0.29) is 0 Å². The molecule has 0 bridgehead atoms. The number of aromatic nitrogens is 1. The number of para-hydroxylation sites is 1. The molecular weight excluding hydrogens is 304 g/mol. The van der Waals surface area contributed by atoms with Gasteiger partial charge in [0.25, 0.3) is 0 Å². The van der Waals surface area contributed by atoms with Crippen LogP contribution in [0.1, 0.15) is 11.1 Å². The van der Waals surface area contributed by atoms with Crippen molar-refractivity contribution in [2.24, 2.45) is 5.10 Å². The van der Waals surface area contributed by atoms with Crippen LogP contribution < -0.4 is 10.7 Å². The van der Waals surface area contributed by atoms with Crippen LogP contribution in [0.15, 0.2) is 42.0 Å². The van der Waals surface area contributed by atoms with Gasteiger partial charge in [0, 0.05) is 17.5 Å². The van der Waals surface area contributed by atoms with Crippen LogP contribution >= 0.6 is 23.8 Å². The normalized spacial score (nSPS) is 10.8. The van der Waals surface area contributed by atoms with Crippen LogP contribution in [0.5, 0.6) is 0 Å². The average Bonchev–Trinajstić information content (AvgIpc) is 2.47. The van der Waals surface area contributed by atoms with Crippen molar-refractivity contribution in [3.63, 3.8) is 0 Å². The van der Waals surface area contributed by atoms with Crippen molar-refractivity contribution in [2.75, 3.05) is 6.54 Å². The molecule has 0 unspecified atom stereocenters. The summed E-state index contributed by atoms with van der Waals surface area (Å²) < 4.78 is 0. The van der Waals surface area contributed by atoms with Crippen molar-refractivity contribution in [1.82, 2.24) is 15.7 Å². The minimum atomic E-state index is 0.410. The molecule has 2 aromatic rings. The van der Waals surface area contributed by atoms with E-state index in [1.165, 1.54) is 0 Å². The second-order valence-electron chi connectivity index (χ2n) is 4.38. The number of thiocarbonyl (C=S) groups is 1. The summed E-state index contributed by atoms with van der Waals surface area (Å²) >= 11 is 11.2. The highest BCUT2D eigenvalue weighted by Crippen LogP contribution is 2.21. The largest absolute Gasteiger partial charge is 0.358 e. The van der Waals surface area contributed by atoms with Crippen LogP contribution in [-0.2, 0) is 0 Å². The summed E-state index contributed by atoms with van der Waals surface area (Å²) in [4.78, 5) is 4.41. The predicted molar refractivity (Wildman–Crippen MR) is 93.0 cm³/mol. The Kier molecular flexibility index (Phi) is 5.25. The maximum absolute atomic E-state index is 6.18. The Morgan fingerprint density at radius 3 is 3.10 bits per heavy atom. The maximum atomic E-state index is 6.18. The molecule has 2 rings (SSSR count). The molecule has 0 aliphatic carbocycles. The third-order valence-corrected chi connectivity index (χ3v) is 3.34. The molecule has 0 saturated heterocycles. The number of aryl methyl sites for hydroxylation is 1. The van der Waals surface area contributed by atoms with Gasteiger partial charge in [-0.25, -0.2) is 4.98 Å². The van der Waals surface area contributed by atoms with E-state index in [2.05, 4.69) is 27.4 Å². The first-order chi connectivity index (χ1) is 10.1. The van der Waals surface area contributed by atoms with Crippen LogP contribution in [0.3, 0.4) is 0 Å². The number of hydrogen-bond donors (Lipinski definition) is 2. The Labute approximate surface area is 133 Å². The number of hydrazone groups is 1. The summed E-state index contributed by atoms with van der Waals surface area (Å²) in [6.07, 6.45) is 3.31. The fraction of sp³-hybridized carbons (Fsp3) is 0.133. The first-order valence-corrected chi connectivity index (χ1v) is 7.14. The van der Waals surface area contributed by atoms with Crippen molar-refractivity contribution in [1.29, 1.82) is 0 Å². The molecule has 0 saturated carbocycles. The lowest BCUT2D eigenvalue weighted by atomic mass is 10.1. The van der Waals surface area contributed by atoms with Gasteiger partial charge < -0.3 is 5.32 Å². The van der Waals surface area contributed by atoms with Crippen LogP contribution in [-0.4, -0.2) is 22.9 Å². The highest BCUT2D eigenvalue weighted by molar-refractivity contribution is 7.80. The molecule has 0 aliphatic rings. The quantitative estimate of drug-likeness (QED) is 0.299. The van der Waals surface area contributed by atoms with Gasteiger partial charge in [-0.1, -0.05) is 35.9 Å². The zero-order valence-electron chi connectivity index (χ0n) is 11.6. The van der Waals surface area contributed by atoms with Gasteiger partial charge in [-0.2, -0.15) is 5.10 Å². The van der Waals surface area contributed by atoms with Crippen molar-refractivity contribution >= 4 is 46.0 Å². The number of nitrogens with one attached hydrogen (secondary N) is 2. The van der Waals surface area contributed by atoms with Crippen LogP contribution in [0.4, 0.5) is 0 Å². The van der Waals surface area contributed by atoms with Gasteiger partial charge in [-0.15, -0.1) is 6.58 Å². The van der Waals surface area contributed by atoms with Gasteiger partial charge >= 0.3 is 0 Å². The molecule has 2 N–H and O–H groups in total. The van der Waals surface area contributed by atoms with Crippen LogP contribution in [0.25, 0.3) is 10.9 Å². The molecule has 0 amide bonds. The second-order valence-corrected chi connectivity index (χ2v) is 5.15. The SMILES string of the molecule is C=CCNC(=S)N/N=C\c1cc2cccc(C)c2nc1Cl. The Bertz CT molecular complexity index is 712. The van der Waals surface area contributed by atoms with Crippen molar-refractivity contribution in [2.45, 2.75) is 6.92 Å². The third kappa shape index (κ3) is 4.00. The van der Waals surface area contributed by atoms with E-state index in [1.807, 2.05) is 31.2 Å². The highest BCUT2D eigenvalue weighted by Gasteiger charge is 2.04. The molecule has 0 radical (unpaired) electrons. The Morgan fingerprint density at radius 2 is 2.33 bits per heavy atom. The number of nitrogens with zero attached hydrogens (tertiary/aromatic N) is 2. The molecule has 1 aromatic heterocycles. The summed E-state index contributed by atoms with van der Waals surface area (Å²) in [5, 5.41) is 8.81. The minimum absolute atomic E-state index is 0.410. The number of pyridine rings is 1. The summed E-state index contributed by atoms with van der Waals surface area (Å²) in [6, 6.07) is 7.93. The summed E-state index contributed by atoms with van der Waals surface area (Å²) in [6.45, 7) is 6.18. The van der Waals surface area contributed by atoms with Gasteiger partial charge in [0.2, 0.25) is 0 Å². The van der Waals surface area contributed by atoms with E-state index in [9.17, 15) is 0 Å². The maximum Gasteiger partial charge on any atom is 0.187 e. The molecule has 1 aromatic carbocycles. The van der Waals surface area contributed by atoms with Gasteiger partial charge in [-0.3, -0.25) is 5.43 Å². The first kappa shape index (κ1) is 15.4. The highest BCUT2D eigenvalue weighted by atomic mass is 35.5. The second kappa shape index (κ2) is 7.15. The topological polar surface area (TPSA) is 49.3 Å². The number of halogens is 1. The molecular formula is C15H15ClN4S. The Hall–Kier alpha value is -1.98. The zero-order chi connectivity index (χ0) is 15.2. The van der Waals surface area contributed by atoms with Gasteiger partial charge in [-0.05, 0) is 30.8 Å². The molecule has 0 fully saturated rings. The number of hydrogen-bond acceptors (Lipinski definition) is 3. The van der Waals surface area contributed by atoms with E-state index >= 15 is 0 Å². The Morgan fingerprint density at radius 1 is 1.52 bits per heavy atom. The molecule has 1 heterocycles. The van der Waals surface area contributed by atoms with Crippen molar-refractivity contribution in [3.8, 4) is 0 Å². The standard InChI is InChI=1S/C15H15ClN4S/c1-3-7-17-15(21)20-18-9-12-8-11-6-4-5-10(2)13(11)19-14(12)16/h3-6,8-9H,1,7H2,2H3,(H2,17,20,21)/b18-9-. The van der Waals surface area contributed by atoms with Gasteiger partial charge in [0.1, 0.15) is 5.15 Å². The Balaban J connectivity index is 2.17. The van der Waals surface area contributed by atoms with E-state index in [0.29, 0.717) is 16.8 Å². The van der Waals surface area contributed by atoms with E-state index in [4.69, 9.17) is 23.8 Å². The lowest BCUT2D eigenvalue weighted by Gasteiger charge is -2.05. The number of benzene rings is 1. The molecule has 6 heteroatoms. The van der Waals surface area contributed by atoms with E-state index < -0.39 is 0 Å². The smallest absolute Gasteiger partial charge is 0.187 e. The summed E-state index contributed by atoms with van der Waals surface area (Å²) in [5.74, 6) is 0. The predicted octanol–water partition coefficient (Wildman–Crippen LogP) is 3.18. The monoisotopic (exact) mass is 318 g/mol. The van der Waals surface area contributed by atoms with E-state index in [0.717, 1.165) is 22.0 Å². The third-order valence-electron chi connectivity index (χ3n) is 2.80. The van der Waals surface area contributed by atoms with Crippen molar-refractivity contribution in [3.05, 3.63) is 53.2 Å². The van der Waals surface area contributed by atoms with Crippen LogP contribution in [0.2, 0.25) is 5.15 Å². The first-order valence-electron chi connectivity index (χ1n) is 6.35. The van der Waals surface area contributed by atoms with Gasteiger partial charge in [0.15, 0.2) is 5.11 Å². The van der Waals surface area contributed by atoms with Crippen molar-refractivity contribution < 1.29 is 0 Å². The number of fused-ring (bicyclic) bond motifs is 1. The average molecular weight is 319 g/mol. The lowest BCUT2D eigenvalue weighted by molar-refractivity contribution is 0.941. The number of rotatable bonds is 4.